The number of aryl methyl sites for hydroxylation is 1. The van der Waals surface area contributed by atoms with E-state index in [1.165, 1.54) is 11.1 Å². The molecule has 5 rings (SSSR count). The second-order valence-electron chi connectivity index (χ2n) is 8.99. The molecule has 1 aromatic carbocycles. The van der Waals surface area contributed by atoms with Gasteiger partial charge in [-0.3, -0.25) is 4.79 Å². The fourth-order valence-corrected chi connectivity index (χ4v) is 5.14. The maximum atomic E-state index is 11.7. The third-order valence-corrected chi connectivity index (χ3v) is 7.39. The Hall–Kier alpha value is -2.40. The van der Waals surface area contributed by atoms with Crippen molar-refractivity contribution in [3.63, 3.8) is 0 Å². The first-order valence-electron chi connectivity index (χ1n) is 9.73. The van der Waals surface area contributed by atoms with Crippen molar-refractivity contribution in [1.29, 1.82) is 0 Å². The molecule has 0 spiro atoms. The fraction of sp³-hybridized carbons (Fsp3) is 0.455. The Bertz CT molecular complexity index is 1120. The van der Waals surface area contributed by atoms with E-state index in [1.807, 2.05) is 12.3 Å². The second-order valence-corrected chi connectivity index (χ2v) is 8.99. The van der Waals surface area contributed by atoms with Crippen molar-refractivity contribution in [3.05, 3.63) is 51.9 Å². The van der Waals surface area contributed by atoms with Crippen LogP contribution in [0.3, 0.4) is 0 Å². The maximum Gasteiger partial charge on any atom is 0.250 e. The second kappa shape index (κ2) is 5.32. The lowest BCUT2D eigenvalue weighted by molar-refractivity contribution is 0.0561. The molecule has 2 bridgehead atoms. The Morgan fingerprint density at radius 2 is 2.04 bits per heavy atom. The van der Waals surface area contributed by atoms with Crippen LogP contribution in [0.2, 0.25) is 0 Å². The monoisotopic (exact) mass is 362 g/mol. The van der Waals surface area contributed by atoms with Crippen molar-refractivity contribution in [3.8, 4) is 11.4 Å². The van der Waals surface area contributed by atoms with Crippen LogP contribution in [0, 0.1) is 5.41 Å². The first-order chi connectivity index (χ1) is 12.8. The van der Waals surface area contributed by atoms with E-state index in [0.29, 0.717) is 6.04 Å². The van der Waals surface area contributed by atoms with Gasteiger partial charge in [-0.05, 0) is 54.1 Å². The molecule has 27 heavy (non-hydrogen) atoms. The molecule has 1 saturated heterocycles. The zero-order valence-electron chi connectivity index (χ0n) is 16.4. The Kier molecular flexibility index (Phi) is 3.30. The molecule has 2 atom stereocenters. The number of pyridine rings is 1. The Labute approximate surface area is 158 Å². The van der Waals surface area contributed by atoms with Gasteiger partial charge in [0.05, 0.1) is 11.0 Å². The Morgan fingerprint density at radius 3 is 2.81 bits per heavy atom. The summed E-state index contributed by atoms with van der Waals surface area (Å²) in [6.07, 6.45) is 4.04. The summed E-state index contributed by atoms with van der Waals surface area (Å²) in [6, 6.07) is 8.52. The van der Waals surface area contributed by atoms with Gasteiger partial charge in [0.2, 0.25) is 5.56 Å². The van der Waals surface area contributed by atoms with Gasteiger partial charge in [0, 0.05) is 36.3 Å². The molecule has 0 amide bonds. The number of H-pyrrole nitrogens is 1. The van der Waals surface area contributed by atoms with Crippen molar-refractivity contribution < 1.29 is 0 Å². The molecule has 0 radical (unpaired) electrons. The molecule has 0 saturated carbocycles. The summed E-state index contributed by atoms with van der Waals surface area (Å²) in [6.45, 7) is 8.31. The van der Waals surface area contributed by atoms with Crippen LogP contribution in [0.1, 0.15) is 38.3 Å². The van der Waals surface area contributed by atoms with Crippen LogP contribution in [0.4, 0.5) is 0 Å². The topological polar surface area (TPSA) is 62.7 Å². The number of aromatic nitrogens is 3. The third kappa shape index (κ3) is 2.21. The van der Waals surface area contributed by atoms with E-state index >= 15 is 0 Å². The number of hydrogen-bond acceptors (Lipinski definition) is 3. The molecular weight excluding hydrogens is 336 g/mol. The van der Waals surface area contributed by atoms with Crippen LogP contribution in [0.25, 0.3) is 22.4 Å². The Morgan fingerprint density at radius 1 is 1.22 bits per heavy atom. The molecule has 3 heterocycles. The molecule has 140 valence electrons. The lowest BCUT2D eigenvalue weighted by Crippen LogP contribution is -2.62. The minimum absolute atomic E-state index is 0.0137. The molecule has 1 aliphatic heterocycles. The van der Waals surface area contributed by atoms with E-state index in [2.05, 4.69) is 43.2 Å². The van der Waals surface area contributed by atoms with Gasteiger partial charge in [-0.15, -0.1) is 0 Å². The highest BCUT2D eigenvalue weighted by molar-refractivity contribution is 5.81. The highest BCUT2D eigenvalue weighted by atomic mass is 16.1. The molecule has 1 aliphatic carbocycles. The molecule has 3 aromatic rings. The van der Waals surface area contributed by atoms with Gasteiger partial charge in [0.1, 0.15) is 5.82 Å². The minimum atomic E-state index is -0.0137. The predicted molar refractivity (Wildman–Crippen MR) is 108 cm³/mol. The highest BCUT2D eigenvalue weighted by Gasteiger charge is 2.53. The number of benzene rings is 1. The number of nitrogens with zero attached hydrogens (tertiary/aromatic N) is 2. The standard InChI is InChI=1S/C22H26N4O/c1-21(2)18-10-14-9-16-17(11-15(14)22(21,3)7-8-23-18)25-20(24-16)13-5-6-19(27)26(4)12-13/h5-6,9,11-12,18,23H,7-8,10H2,1-4H3,(H,24,25)/t18-,22+/m1/s1. The summed E-state index contributed by atoms with van der Waals surface area (Å²) in [4.78, 5) is 20.0. The highest BCUT2D eigenvalue weighted by Crippen LogP contribution is 2.54. The summed E-state index contributed by atoms with van der Waals surface area (Å²) >= 11 is 0. The van der Waals surface area contributed by atoms with Gasteiger partial charge >= 0.3 is 0 Å². The van der Waals surface area contributed by atoms with Crippen LogP contribution < -0.4 is 10.9 Å². The lowest BCUT2D eigenvalue weighted by atomic mass is 9.51. The van der Waals surface area contributed by atoms with Gasteiger partial charge < -0.3 is 14.9 Å². The van der Waals surface area contributed by atoms with Crippen LogP contribution in [0.15, 0.2) is 35.3 Å². The molecule has 5 heteroatoms. The van der Waals surface area contributed by atoms with Crippen molar-refractivity contribution in [2.45, 2.75) is 45.1 Å². The number of piperidine rings is 1. The fourth-order valence-electron chi connectivity index (χ4n) is 5.14. The molecule has 0 unspecified atom stereocenters. The van der Waals surface area contributed by atoms with Crippen molar-refractivity contribution in [2.75, 3.05) is 6.54 Å². The normalized spacial score (nSPS) is 26.1. The smallest absolute Gasteiger partial charge is 0.250 e. The SMILES string of the molecule is Cn1cc(-c2nc3cc4c(cc3[nH]2)[C@]2(C)CCN[C@H](C4)C2(C)C)ccc1=O. The molecule has 2 aliphatic rings. The summed E-state index contributed by atoms with van der Waals surface area (Å²) in [5.41, 5.74) is 6.25. The van der Waals surface area contributed by atoms with Crippen LogP contribution in [0.5, 0.6) is 0 Å². The molecule has 2 aromatic heterocycles. The summed E-state index contributed by atoms with van der Waals surface area (Å²) in [5.74, 6) is 0.813. The Balaban J connectivity index is 1.68. The summed E-state index contributed by atoms with van der Waals surface area (Å²) in [5, 5.41) is 3.74. The minimum Gasteiger partial charge on any atom is -0.338 e. The number of aromatic amines is 1. The summed E-state index contributed by atoms with van der Waals surface area (Å²) < 4.78 is 1.59. The van der Waals surface area contributed by atoms with Crippen LogP contribution in [-0.2, 0) is 18.9 Å². The van der Waals surface area contributed by atoms with Gasteiger partial charge in [-0.2, -0.15) is 0 Å². The molecule has 5 nitrogen and oxygen atoms in total. The van der Waals surface area contributed by atoms with Gasteiger partial charge in [0.15, 0.2) is 0 Å². The van der Waals surface area contributed by atoms with E-state index in [-0.39, 0.29) is 16.4 Å². The average molecular weight is 362 g/mol. The van der Waals surface area contributed by atoms with E-state index in [4.69, 9.17) is 4.98 Å². The first-order valence-corrected chi connectivity index (χ1v) is 9.73. The van der Waals surface area contributed by atoms with Crippen molar-refractivity contribution >= 4 is 11.0 Å². The quantitative estimate of drug-likeness (QED) is 0.699. The number of nitrogens with one attached hydrogen (secondary N) is 2. The first kappa shape index (κ1) is 16.8. The van der Waals surface area contributed by atoms with Crippen molar-refractivity contribution in [2.24, 2.45) is 12.5 Å². The number of fused-ring (bicyclic) bond motifs is 5. The van der Waals surface area contributed by atoms with Crippen molar-refractivity contribution in [1.82, 2.24) is 19.9 Å². The van der Waals surface area contributed by atoms with Gasteiger partial charge in [0.25, 0.3) is 0 Å². The van der Waals surface area contributed by atoms with Gasteiger partial charge in [-0.1, -0.05) is 20.8 Å². The molecule has 1 fully saturated rings. The maximum absolute atomic E-state index is 11.7. The summed E-state index contributed by atoms with van der Waals surface area (Å²) in [7, 11) is 1.77. The van der Waals surface area contributed by atoms with E-state index in [9.17, 15) is 4.79 Å². The third-order valence-electron chi connectivity index (χ3n) is 7.39. The number of imidazole rings is 1. The van der Waals surface area contributed by atoms with E-state index in [0.717, 1.165) is 41.8 Å². The molecular formula is C22H26N4O. The average Bonchev–Trinajstić information content (AvgIpc) is 3.02. The zero-order valence-corrected chi connectivity index (χ0v) is 16.4. The van der Waals surface area contributed by atoms with Crippen LogP contribution >= 0.6 is 0 Å². The lowest BCUT2D eigenvalue weighted by Gasteiger charge is -2.57. The van der Waals surface area contributed by atoms with Crippen LogP contribution in [-0.4, -0.2) is 27.1 Å². The number of rotatable bonds is 1. The largest absolute Gasteiger partial charge is 0.338 e. The number of hydrogen-bond donors (Lipinski definition) is 2. The van der Waals surface area contributed by atoms with E-state index in [1.54, 1.807) is 17.7 Å². The van der Waals surface area contributed by atoms with E-state index < -0.39 is 0 Å². The van der Waals surface area contributed by atoms with Gasteiger partial charge in [-0.25, -0.2) is 4.98 Å². The zero-order chi connectivity index (χ0) is 19.0. The molecule has 2 N–H and O–H groups in total. The predicted octanol–water partition coefficient (Wildman–Crippen LogP) is 3.13.